The van der Waals surface area contributed by atoms with Crippen molar-refractivity contribution in [1.82, 2.24) is 10.1 Å². The first-order valence-corrected chi connectivity index (χ1v) is 6.25. The van der Waals surface area contributed by atoms with Crippen LogP contribution in [0.2, 0.25) is 0 Å². The Labute approximate surface area is 114 Å². The van der Waals surface area contributed by atoms with E-state index in [1.54, 1.807) is 17.0 Å². The zero-order valence-corrected chi connectivity index (χ0v) is 10.9. The number of carbonyl (C=O) groups excluding carboxylic acids is 1. The van der Waals surface area contributed by atoms with Gasteiger partial charge in [-0.15, -0.1) is 0 Å². The van der Waals surface area contributed by atoms with Gasteiger partial charge in [-0.2, -0.15) is 0 Å². The second-order valence-corrected chi connectivity index (χ2v) is 4.59. The molecule has 1 aromatic carbocycles. The predicted molar refractivity (Wildman–Crippen MR) is 68.4 cm³/mol. The van der Waals surface area contributed by atoms with Crippen molar-refractivity contribution in [1.29, 1.82) is 0 Å². The van der Waals surface area contributed by atoms with Gasteiger partial charge in [0.2, 0.25) is 0 Å². The molecule has 2 heterocycles. The highest BCUT2D eigenvalue weighted by Gasteiger charge is 2.27. The van der Waals surface area contributed by atoms with Gasteiger partial charge in [0.1, 0.15) is 11.5 Å². The van der Waals surface area contributed by atoms with Crippen molar-refractivity contribution in [3.8, 4) is 11.3 Å². The largest absolute Gasteiger partial charge is 0.453 e. The highest BCUT2D eigenvalue weighted by Crippen LogP contribution is 2.30. The lowest BCUT2D eigenvalue weighted by atomic mass is 10.0. The molecule has 1 aliphatic heterocycles. The summed E-state index contributed by atoms with van der Waals surface area (Å²) in [5.74, 6) is 0.350. The average Bonchev–Trinajstić information content (AvgIpc) is 2.90. The van der Waals surface area contributed by atoms with E-state index >= 15 is 0 Å². The summed E-state index contributed by atoms with van der Waals surface area (Å²) in [6.07, 6.45) is 0.266. The maximum Gasteiger partial charge on any atom is 0.409 e. The van der Waals surface area contributed by atoms with Crippen LogP contribution in [0.5, 0.6) is 0 Å². The van der Waals surface area contributed by atoms with Crippen LogP contribution in [-0.2, 0) is 17.7 Å². The van der Waals surface area contributed by atoms with E-state index in [2.05, 4.69) is 5.16 Å². The number of nitrogens with zero attached hydrogens (tertiary/aromatic N) is 2. The SMILES string of the molecule is COC(=O)N1CCc2c(noc2-c2ccc(F)cc2)C1. The van der Waals surface area contributed by atoms with Gasteiger partial charge in [0.15, 0.2) is 5.76 Å². The van der Waals surface area contributed by atoms with Gasteiger partial charge in [-0.25, -0.2) is 9.18 Å². The molecular weight excluding hydrogens is 263 g/mol. The maximum atomic E-state index is 12.9. The fourth-order valence-electron chi connectivity index (χ4n) is 2.34. The number of ether oxygens (including phenoxy) is 1. The Bertz CT molecular complexity index is 636. The van der Waals surface area contributed by atoms with Crippen LogP contribution in [0, 0.1) is 5.82 Å². The third-order valence-corrected chi connectivity index (χ3v) is 3.38. The summed E-state index contributed by atoms with van der Waals surface area (Å²) in [6, 6.07) is 6.08. The van der Waals surface area contributed by atoms with E-state index in [0.717, 1.165) is 16.8 Å². The number of aromatic nitrogens is 1. The molecule has 20 heavy (non-hydrogen) atoms. The summed E-state index contributed by atoms with van der Waals surface area (Å²) in [5.41, 5.74) is 2.48. The van der Waals surface area contributed by atoms with Crippen molar-refractivity contribution >= 4 is 6.09 Å². The number of benzene rings is 1. The smallest absolute Gasteiger partial charge is 0.409 e. The number of halogens is 1. The highest BCUT2D eigenvalue weighted by molar-refractivity contribution is 5.69. The third kappa shape index (κ3) is 2.13. The molecule has 0 unspecified atom stereocenters. The maximum absolute atomic E-state index is 12.9. The molecule has 0 saturated carbocycles. The van der Waals surface area contributed by atoms with E-state index in [1.807, 2.05) is 0 Å². The monoisotopic (exact) mass is 276 g/mol. The minimum Gasteiger partial charge on any atom is -0.453 e. The number of methoxy groups -OCH3 is 1. The molecular formula is C14H13FN2O3. The molecule has 2 aromatic rings. The van der Waals surface area contributed by atoms with Crippen LogP contribution in [0.1, 0.15) is 11.3 Å². The Kier molecular flexibility index (Phi) is 3.14. The van der Waals surface area contributed by atoms with Gasteiger partial charge in [-0.05, 0) is 30.7 Å². The van der Waals surface area contributed by atoms with Crippen molar-refractivity contribution in [3.05, 3.63) is 41.3 Å². The van der Waals surface area contributed by atoms with Crippen molar-refractivity contribution < 1.29 is 18.4 Å². The van der Waals surface area contributed by atoms with E-state index < -0.39 is 0 Å². The summed E-state index contributed by atoms with van der Waals surface area (Å²) in [5, 5.41) is 4.00. The lowest BCUT2D eigenvalue weighted by molar-refractivity contribution is 0.118. The molecule has 6 heteroatoms. The summed E-state index contributed by atoms with van der Waals surface area (Å²) < 4.78 is 23.0. The van der Waals surface area contributed by atoms with Crippen molar-refractivity contribution in [3.63, 3.8) is 0 Å². The second kappa shape index (κ2) is 4.96. The van der Waals surface area contributed by atoms with Crippen LogP contribution < -0.4 is 0 Å². The molecule has 0 spiro atoms. The van der Waals surface area contributed by atoms with E-state index in [1.165, 1.54) is 19.2 Å². The Hall–Kier alpha value is -2.37. The highest BCUT2D eigenvalue weighted by atomic mass is 19.1. The van der Waals surface area contributed by atoms with Crippen molar-refractivity contribution in [2.45, 2.75) is 13.0 Å². The summed E-state index contributed by atoms with van der Waals surface area (Å²) in [6.45, 7) is 0.918. The number of carbonyl (C=O) groups is 1. The van der Waals surface area contributed by atoms with Crippen LogP contribution in [0.25, 0.3) is 11.3 Å². The minimum absolute atomic E-state index is 0.293. The fraction of sp³-hybridized carbons (Fsp3) is 0.286. The Morgan fingerprint density at radius 1 is 1.40 bits per heavy atom. The summed E-state index contributed by atoms with van der Waals surface area (Å²) in [4.78, 5) is 13.1. The lowest BCUT2D eigenvalue weighted by Crippen LogP contribution is -2.35. The van der Waals surface area contributed by atoms with Gasteiger partial charge >= 0.3 is 6.09 Å². The molecule has 3 rings (SSSR count). The zero-order chi connectivity index (χ0) is 14.1. The van der Waals surface area contributed by atoms with E-state index in [0.29, 0.717) is 25.3 Å². The quantitative estimate of drug-likeness (QED) is 0.803. The Balaban J connectivity index is 1.90. The number of hydrogen-bond acceptors (Lipinski definition) is 4. The third-order valence-electron chi connectivity index (χ3n) is 3.38. The van der Waals surface area contributed by atoms with Gasteiger partial charge in [-0.1, -0.05) is 5.16 Å². The van der Waals surface area contributed by atoms with Gasteiger partial charge in [0.05, 0.1) is 13.7 Å². The number of amides is 1. The molecule has 0 radical (unpaired) electrons. The molecule has 1 amide bonds. The first kappa shape index (κ1) is 12.7. The van der Waals surface area contributed by atoms with Gasteiger partial charge in [-0.3, -0.25) is 0 Å². The summed E-state index contributed by atoms with van der Waals surface area (Å²) in [7, 11) is 1.35. The average molecular weight is 276 g/mol. The van der Waals surface area contributed by atoms with E-state index in [-0.39, 0.29) is 11.9 Å². The molecule has 0 N–H and O–H groups in total. The first-order chi connectivity index (χ1) is 9.69. The minimum atomic E-state index is -0.373. The van der Waals surface area contributed by atoms with Crippen LogP contribution in [-0.4, -0.2) is 29.8 Å². The number of fused-ring (bicyclic) bond motifs is 1. The van der Waals surface area contributed by atoms with Crippen molar-refractivity contribution in [2.75, 3.05) is 13.7 Å². The Morgan fingerprint density at radius 3 is 2.85 bits per heavy atom. The molecule has 104 valence electrons. The molecule has 1 aromatic heterocycles. The van der Waals surface area contributed by atoms with Crippen LogP contribution in [0.3, 0.4) is 0 Å². The molecule has 1 aliphatic rings. The van der Waals surface area contributed by atoms with Gasteiger partial charge in [0, 0.05) is 17.7 Å². The topological polar surface area (TPSA) is 55.6 Å². The van der Waals surface area contributed by atoms with E-state index in [9.17, 15) is 9.18 Å². The van der Waals surface area contributed by atoms with Crippen molar-refractivity contribution in [2.24, 2.45) is 0 Å². The molecule has 5 nitrogen and oxygen atoms in total. The predicted octanol–water partition coefficient (Wildman–Crippen LogP) is 2.61. The van der Waals surface area contributed by atoms with Crippen LogP contribution in [0.4, 0.5) is 9.18 Å². The molecule has 0 atom stereocenters. The number of rotatable bonds is 1. The zero-order valence-electron chi connectivity index (χ0n) is 10.9. The molecule has 0 bridgehead atoms. The molecule has 0 saturated heterocycles. The molecule has 0 fully saturated rings. The fourth-order valence-corrected chi connectivity index (χ4v) is 2.34. The van der Waals surface area contributed by atoms with Gasteiger partial charge in [0.25, 0.3) is 0 Å². The first-order valence-electron chi connectivity index (χ1n) is 6.25. The Morgan fingerprint density at radius 2 is 2.15 bits per heavy atom. The molecule has 0 aliphatic carbocycles. The lowest BCUT2D eigenvalue weighted by Gasteiger charge is -2.24. The standard InChI is InChI=1S/C14H13FN2O3/c1-19-14(18)17-7-6-11-12(8-17)16-20-13(11)9-2-4-10(15)5-3-9/h2-5H,6-8H2,1H3. The summed E-state index contributed by atoms with van der Waals surface area (Å²) >= 11 is 0. The normalized spacial score (nSPS) is 14.0. The van der Waals surface area contributed by atoms with Crippen LogP contribution in [0.15, 0.2) is 28.8 Å². The number of hydrogen-bond donors (Lipinski definition) is 0. The second-order valence-electron chi connectivity index (χ2n) is 4.59. The van der Waals surface area contributed by atoms with Gasteiger partial charge < -0.3 is 14.2 Å². The van der Waals surface area contributed by atoms with Crippen LogP contribution >= 0.6 is 0 Å². The van der Waals surface area contributed by atoms with E-state index in [4.69, 9.17) is 9.26 Å².